The van der Waals surface area contributed by atoms with Gasteiger partial charge in [-0.05, 0) is 92.0 Å². The highest BCUT2D eigenvalue weighted by molar-refractivity contribution is 5.35. The first-order chi connectivity index (χ1) is 13.0. The summed E-state index contributed by atoms with van der Waals surface area (Å²) >= 11 is 0. The van der Waals surface area contributed by atoms with Crippen molar-refractivity contribution in [2.45, 2.75) is 51.4 Å². The van der Waals surface area contributed by atoms with Crippen molar-refractivity contribution < 1.29 is 17.9 Å². The molecule has 0 N–H and O–H groups in total. The minimum Gasteiger partial charge on any atom is -0.491 e. The van der Waals surface area contributed by atoms with Crippen LogP contribution >= 0.6 is 0 Å². The lowest BCUT2D eigenvalue weighted by molar-refractivity contribution is 0.311. The summed E-state index contributed by atoms with van der Waals surface area (Å²) in [7, 11) is 0. The number of rotatable bonds is 4. The molecule has 0 aliphatic heterocycles. The van der Waals surface area contributed by atoms with Crippen LogP contribution in [0, 0.1) is 36.2 Å². The third-order valence-electron chi connectivity index (χ3n) is 6.61. The van der Waals surface area contributed by atoms with E-state index in [1.54, 1.807) is 32.0 Å². The Morgan fingerprint density at radius 3 is 2.30 bits per heavy atom. The smallest absolute Gasteiger partial charge is 0.200 e. The average Bonchev–Trinajstić information content (AvgIpc) is 3.24. The van der Waals surface area contributed by atoms with E-state index >= 15 is 0 Å². The summed E-state index contributed by atoms with van der Waals surface area (Å²) in [4.78, 5) is 0. The Morgan fingerprint density at radius 1 is 0.889 bits per heavy atom. The van der Waals surface area contributed by atoms with Gasteiger partial charge < -0.3 is 4.74 Å². The van der Waals surface area contributed by atoms with Crippen LogP contribution in [0.1, 0.15) is 61.1 Å². The van der Waals surface area contributed by atoms with Gasteiger partial charge in [-0.3, -0.25) is 0 Å². The Bertz CT molecular complexity index is 848. The SMILES string of the molecule is CCOc1ccc(C2CCC3C(c4ccc(C)c(F)c4)CCC23)c(F)c1F. The maximum Gasteiger partial charge on any atom is 0.200 e. The summed E-state index contributed by atoms with van der Waals surface area (Å²) in [6.45, 7) is 3.82. The predicted molar refractivity (Wildman–Crippen MR) is 99.6 cm³/mol. The van der Waals surface area contributed by atoms with Gasteiger partial charge in [0.05, 0.1) is 6.61 Å². The van der Waals surface area contributed by atoms with E-state index in [9.17, 15) is 13.2 Å². The molecule has 0 radical (unpaired) electrons. The number of halogens is 3. The third kappa shape index (κ3) is 3.13. The largest absolute Gasteiger partial charge is 0.491 e. The molecule has 0 saturated heterocycles. The van der Waals surface area contributed by atoms with Crippen molar-refractivity contribution in [2.24, 2.45) is 11.8 Å². The van der Waals surface area contributed by atoms with Crippen molar-refractivity contribution in [1.29, 1.82) is 0 Å². The Morgan fingerprint density at radius 2 is 1.59 bits per heavy atom. The van der Waals surface area contributed by atoms with Crippen molar-refractivity contribution >= 4 is 0 Å². The molecule has 0 amide bonds. The van der Waals surface area contributed by atoms with E-state index in [1.165, 1.54) is 0 Å². The first-order valence-corrected chi connectivity index (χ1v) is 9.88. The summed E-state index contributed by atoms with van der Waals surface area (Å²) in [5, 5.41) is 0. The molecule has 4 heteroatoms. The van der Waals surface area contributed by atoms with Gasteiger partial charge in [-0.2, -0.15) is 4.39 Å². The van der Waals surface area contributed by atoms with Crippen LogP contribution in [0.5, 0.6) is 5.75 Å². The van der Waals surface area contributed by atoms with Crippen molar-refractivity contribution in [3.63, 3.8) is 0 Å². The van der Waals surface area contributed by atoms with Gasteiger partial charge in [0.15, 0.2) is 11.6 Å². The number of ether oxygens (including phenoxy) is 1. The van der Waals surface area contributed by atoms with Crippen LogP contribution in [0.3, 0.4) is 0 Å². The maximum absolute atomic E-state index is 14.7. The highest BCUT2D eigenvalue weighted by Gasteiger charge is 2.46. The monoisotopic (exact) mass is 374 g/mol. The zero-order valence-corrected chi connectivity index (χ0v) is 15.8. The first-order valence-electron chi connectivity index (χ1n) is 9.88. The van der Waals surface area contributed by atoms with Crippen LogP contribution < -0.4 is 4.74 Å². The molecule has 0 spiro atoms. The molecule has 4 unspecified atom stereocenters. The van der Waals surface area contributed by atoms with E-state index in [0.717, 1.165) is 31.2 Å². The van der Waals surface area contributed by atoms with E-state index < -0.39 is 11.6 Å². The molecule has 27 heavy (non-hydrogen) atoms. The molecular formula is C23H25F3O. The van der Waals surface area contributed by atoms with Gasteiger partial charge in [0.2, 0.25) is 5.82 Å². The normalized spacial score (nSPS) is 27.0. The Balaban J connectivity index is 1.59. The fourth-order valence-corrected chi connectivity index (χ4v) is 5.34. The zero-order valence-electron chi connectivity index (χ0n) is 15.8. The lowest BCUT2D eigenvalue weighted by Crippen LogP contribution is -2.13. The number of aryl methyl sites for hydroxylation is 1. The molecule has 2 aliphatic carbocycles. The summed E-state index contributed by atoms with van der Waals surface area (Å²) in [6, 6.07) is 8.76. The van der Waals surface area contributed by atoms with Crippen LogP contribution in [0.25, 0.3) is 0 Å². The highest BCUT2D eigenvalue weighted by Crippen LogP contribution is 2.58. The number of hydrogen-bond donors (Lipinski definition) is 0. The molecule has 4 atom stereocenters. The molecule has 1 nitrogen and oxygen atoms in total. The molecule has 0 heterocycles. The Labute approximate surface area is 158 Å². The molecule has 2 saturated carbocycles. The summed E-state index contributed by atoms with van der Waals surface area (Å²) in [5.41, 5.74) is 2.17. The van der Waals surface area contributed by atoms with Gasteiger partial charge in [0.25, 0.3) is 0 Å². The molecule has 2 aromatic rings. The van der Waals surface area contributed by atoms with Crippen LogP contribution in [-0.4, -0.2) is 6.61 Å². The lowest BCUT2D eigenvalue weighted by atomic mass is 9.83. The van der Waals surface area contributed by atoms with Gasteiger partial charge in [0, 0.05) is 0 Å². The first kappa shape index (κ1) is 18.4. The van der Waals surface area contributed by atoms with Crippen LogP contribution in [0.4, 0.5) is 13.2 Å². The van der Waals surface area contributed by atoms with Crippen molar-refractivity contribution in [1.82, 2.24) is 0 Å². The standard InChI is InChI=1S/C23H25F3O/c1-3-27-21-11-10-19(22(25)23(21)26)18-9-8-16-15(6-7-17(16)18)14-5-4-13(2)20(24)12-14/h4-5,10-12,15-18H,3,6-9H2,1-2H3. The minimum absolute atomic E-state index is 0.0206. The average molecular weight is 374 g/mol. The van der Waals surface area contributed by atoms with E-state index in [1.807, 2.05) is 12.1 Å². The van der Waals surface area contributed by atoms with Gasteiger partial charge in [0.1, 0.15) is 5.82 Å². The Kier molecular flexibility index (Phi) is 4.92. The lowest BCUT2D eigenvalue weighted by Gasteiger charge is -2.22. The number of fused-ring (bicyclic) bond motifs is 1. The van der Waals surface area contributed by atoms with Gasteiger partial charge >= 0.3 is 0 Å². The van der Waals surface area contributed by atoms with E-state index in [4.69, 9.17) is 4.74 Å². The predicted octanol–water partition coefficient (Wildman–Crippen LogP) is 6.50. The molecule has 0 bridgehead atoms. The second-order valence-electron chi connectivity index (χ2n) is 7.92. The molecule has 4 rings (SSSR count). The molecular weight excluding hydrogens is 349 g/mol. The fourth-order valence-electron chi connectivity index (χ4n) is 5.34. The fraction of sp³-hybridized carbons (Fsp3) is 0.478. The van der Waals surface area contributed by atoms with E-state index in [2.05, 4.69) is 0 Å². The molecule has 2 fully saturated rings. The van der Waals surface area contributed by atoms with Crippen molar-refractivity contribution in [3.8, 4) is 5.75 Å². The molecule has 144 valence electrons. The Hall–Kier alpha value is -1.97. The molecule has 0 aromatic heterocycles. The van der Waals surface area contributed by atoms with Gasteiger partial charge in [-0.15, -0.1) is 0 Å². The topological polar surface area (TPSA) is 9.23 Å². The maximum atomic E-state index is 14.7. The molecule has 2 aromatic carbocycles. The van der Waals surface area contributed by atoms with Crippen LogP contribution in [0.2, 0.25) is 0 Å². The quantitative estimate of drug-likeness (QED) is 0.594. The number of benzene rings is 2. The summed E-state index contributed by atoms with van der Waals surface area (Å²) in [6.07, 6.45) is 3.79. The number of hydrogen-bond acceptors (Lipinski definition) is 1. The van der Waals surface area contributed by atoms with Crippen LogP contribution in [0.15, 0.2) is 30.3 Å². The molecule has 2 aliphatic rings. The highest BCUT2D eigenvalue weighted by atomic mass is 19.2. The van der Waals surface area contributed by atoms with Crippen molar-refractivity contribution in [2.75, 3.05) is 6.61 Å². The van der Waals surface area contributed by atoms with Gasteiger partial charge in [-0.1, -0.05) is 18.2 Å². The van der Waals surface area contributed by atoms with E-state index in [-0.39, 0.29) is 17.5 Å². The van der Waals surface area contributed by atoms with Crippen LogP contribution in [-0.2, 0) is 0 Å². The van der Waals surface area contributed by atoms with Crippen molar-refractivity contribution in [3.05, 3.63) is 64.5 Å². The zero-order chi connectivity index (χ0) is 19.1. The second kappa shape index (κ2) is 7.21. The summed E-state index contributed by atoms with van der Waals surface area (Å²) < 4.78 is 48.2. The van der Waals surface area contributed by atoms with E-state index in [0.29, 0.717) is 35.5 Å². The second-order valence-corrected chi connectivity index (χ2v) is 7.92. The third-order valence-corrected chi connectivity index (χ3v) is 6.61. The minimum atomic E-state index is -0.882. The van der Waals surface area contributed by atoms with Gasteiger partial charge in [-0.25, -0.2) is 8.78 Å². The summed E-state index contributed by atoms with van der Waals surface area (Å²) in [5.74, 6) is -0.759.